The zero-order valence-electron chi connectivity index (χ0n) is 8.13. The smallest absolute Gasteiger partial charge is 0.300 e. The summed E-state index contributed by atoms with van der Waals surface area (Å²) in [7, 11) is 0. The van der Waals surface area contributed by atoms with Crippen molar-refractivity contribution < 1.29 is 0 Å². The Balaban J connectivity index is 3.04. The van der Waals surface area contributed by atoms with Crippen molar-refractivity contribution in [2.45, 2.75) is 27.3 Å². The summed E-state index contributed by atoms with van der Waals surface area (Å²) in [5.74, 6) is 0. The average Bonchev–Trinajstić information content (AvgIpc) is 1.93. The second kappa shape index (κ2) is 3.20. The first-order valence-corrected chi connectivity index (χ1v) is 4.18. The molecule has 0 bridgehead atoms. The van der Waals surface area contributed by atoms with Gasteiger partial charge in [-0.15, -0.1) is 0 Å². The molecule has 0 saturated heterocycles. The third kappa shape index (κ3) is 2.89. The molecular formula is C9H14N2O2. The molecule has 72 valence electrons. The zero-order chi connectivity index (χ0) is 10.1. The molecule has 1 heterocycles. The Kier molecular flexibility index (Phi) is 2.40. The predicted molar refractivity (Wildman–Crippen MR) is 50.8 cm³/mol. The molecule has 0 saturated carbocycles. The van der Waals surface area contributed by atoms with Crippen LogP contribution in [0.3, 0.4) is 0 Å². The highest BCUT2D eigenvalue weighted by atomic mass is 16.2. The van der Waals surface area contributed by atoms with Gasteiger partial charge in [0.15, 0.2) is 0 Å². The van der Waals surface area contributed by atoms with E-state index in [-0.39, 0.29) is 16.7 Å². The van der Waals surface area contributed by atoms with Crippen molar-refractivity contribution in [3.63, 3.8) is 0 Å². The van der Waals surface area contributed by atoms with Crippen molar-refractivity contribution in [3.8, 4) is 0 Å². The highest BCUT2D eigenvalue weighted by molar-refractivity contribution is 4.83. The summed E-state index contributed by atoms with van der Waals surface area (Å²) in [5, 5.41) is 0. The highest BCUT2D eigenvalue weighted by Gasteiger charge is 2.11. The Labute approximate surface area is 76.2 Å². The molecule has 0 fully saturated rings. The molecule has 1 rings (SSSR count). The van der Waals surface area contributed by atoms with E-state index in [1.165, 1.54) is 16.8 Å². The molecule has 1 aromatic rings. The number of hydrogen-bond donors (Lipinski definition) is 1. The third-order valence-corrected chi connectivity index (χ3v) is 1.54. The van der Waals surface area contributed by atoms with E-state index >= 15 is 0 Å². The first-order chi connectivity index (χ1) is 5.88. The molecule has 1 aromatic heterocycles. The molecule has 0 unspecified atom stereocenters. The highest BCUT2D eigenvalue weighted by Crippen LogP contribution is 2.14. The van der Waals surface area contributed by atoms with Gasteiger partial charge in [-0.25, -0.2) is 4.79 Å². The van der Waals surface area contributed by atoms with Gasteiger partial charge < -0.3 is 4.57 Å². The van der Waals surface area contributed by atoms with Crippen LogP contribution in [0.2, 0.25) is 0 Å². The summed E-state index contributed by atoms with van der Waals surface area (Å²) in [6.45, 7) is 6.70. The molecule has 0 aliphatic heterocycles. The van der Waals surface area contributed by atoms with E-state index in [4.69, 9.17) is 0 Å². The van der Waals surface area contributed by atoms with Crippen LogP contribution in [-0.4, -0.2) is 9.55 Å². The maximum absolute atomic E-state index is 11.2. The molecule has 4 heteroatoms. The zero-order valence-corrected chi connectivity index (χ0v) is 8.13. The Morgan fingerprint density at radius 3 is 2.46 bits per heavy atom. The van der Waals surface area contributed by atoms with Crippen molar-refractivity contribution in [2.75, 3.05) is 0 Å². The topological polar surface area (TPSA) is 54.9 Å². The van der Waals surface area contributed by atoms with Crippen molar-refractivity contribution in [1.29, 1.82) is 0 Å². The van der Waals surface area contributed by atoms with Crippen molar-refractivity contribution in [1.82, 2.24) is 9.55 Å². The predicted octanol–water partition coefficient (Wildman–Crippen LogP) is 0.583. The SMILES string of the molecule is CC(C)(C)Cn1ccc(=O)[nH]c1=O. The van der Waals surface area contributed by atoms with E-state index in [1.807, 2.05) is 20.8 Å². The van der Waals surface area contributed by atoms with E-state index in [0.29, 0.717) is 6.54 Å². The minimum absolute atomic E-state index is 0.0298. The lowest BCUT2D eigenvalue weighted by molar-refractivity contribution is 0.335. The largest absolute Gasteiger partial charge is 0.328 e. The molecule has 0 amide bonds. The number of nitrogens with zero attached hydrogens (tertiary/aromatic N) is 1. The van der Waals surface area contributed by atoms with E-state index < -0.39 is 0 Å². The maximum atomic E-state index is 11.2. The fourth-order valence-electron chi connectivity index (χ4n) is 1.08. The van der Waals surface area contributed by atoms with Crippen molar-refractivity contribution in [3.05, 3.63) is 33.1 Å². The van der Waals surface area contributed by atoms with Crippen LogP contribution in [0, 0.1) is 5.41 Å². The number of nitrogens with one attached hydrogen (secondary N) is 1. The van der Waals surface area contributed by atoms with E-state index in [2.05, 4.69) is 4.98 Å². The molecule has 0 atom stereocenters. The van der Waals surface area contributed by atoms with Gasteiger partial charge in [0.25, 0.3) is 5.56 Å². The standard InChI is InChI=1S/C9H14N2O2/c1-9(2,3)6-11-5-4-7(12)10-8(11)13/h4-5H,6H2,1-3H3,(H,10,12,13). The fraction of sp³-hybridized carbons (Fsp3) is 0.556. The third-order valence-electron chi connectivity index (χ3n) is 1.54. The average molecular weight is 182 g/mol. The van der Waals surface area contributed by atoms with Gasteiger partial charge in [0.1, 0.15) is 0 Å². The van der Waals surface area contributed by atoms with Crippen LogP contribution in [0.15, 0.2) is 21.9 Å². The van der Waals surface area contributed by atoms with Gasteiger partial charge in [-0.1, -0.05) is 20.8 Å². The van der Waals surface area contributed by atoms with Crippen LogP contribution >= 0.6 is 0 Å². The lowest BCUT2D eigenvalue weighted by Gasteiger charge is -2.18. The summed E-state index contributed by atoms with van der Waals surface area (Å²) in [6, 6.07) is 1.35. The van der Waals surface area contributed by atoms with Gasteiger partial charge in [0, 0.05) is 18.8 Å². The number of rotatable bonds is 1. The van der Waals surface area contributed by atoms with Crippen molar-refractivity contribution in [2.24, 2.45) is 5.41 Å². The number of H-pyrrole nitrogens is 1. The van der Waals surface area contributed by atoms with Gasteiger partial charge in [-0.2, -0.15) is 0 Å². The number of aromatic nitrogens is 2. The first kappa shape index (κ1) is 9.77. The van der Waals surface area contributed by atoms with Crippen LogP contribution in [0.5, 0.6) is 0 Å². The Morgan fingerprint density at radius 2 is 2.00 bits per heavy atom. The second-order valence-electron chi connectivity index (χ2n) is 4.30. The van der Waals surface area contributed by atoms with Gasteiger partial charge >= 0.3 is 5.69 Å². The number of aromatic amines is 1. The molecule has 0 radical (unpaired) electrons. The first-order valence-electron chi connectivity index (χ1n) is 4.18. The Morgan fingerprint density at radius 1 is 1.38 bits per heavy atom. The second-order valence-corrected chi connectivity index (χ2v) is 4.30. The molecular weight excluding hydrogens is 168 g/mol. The molecule has 0 spiro atoms. The molecule has 4 nitrogen and oxygen atoms in total. The normalized spacial score (nSPS) is 11.6. The maximum Gasteiger partial charge on any atom is 0.328 e. The van der Waals surface area contributed by atoms with Crippen molar-refractivity contribution >= 4 is 0 Å². The van der Waals surface area contributed by atoms with E-state index in [1.54, 1.807) is 0 Å². The molecule has 13 heavy (non-hydrogen) atoms. The van der Waals surface area contributed by atoms with E-state index in [9.17, 15) is 9.59 Å². The monoisotopic (exact) mass is 182 g/mol. The molecule has 0 aliphatic rings. The summed E-state index contributed by atoms with van der Waals surface area (Å²) >= 11 is 0. The van der Waals surface area contributed by atoms with Crippen LogP contribution in [0.4, 0.5) is 0 Å². The summed E-state index contributed by atoms with van der Waals surface area (Å²) in [5.41, 5.74) is -0.667. The van der Waals surface area contributed by atoms with E-state index in [0.717, 1.165) is 0 Å². The van der Waals surface area contributed by atoms with Crippen LogP contribution in [-0.2, 0) is 6.54 Å². The van der Waals surface area contributed by atoms with Gasteiger partial charge in [-0.05, 0) is 5.41 Å². The number of hydrogen-bond acceptors (Lipinski definition) is 2. The quantitative estimate of drug-likeness (QED) is 0.690. The van der Waals surface area contributed by atoms with Gasteiger partial charge in [0.2, 0.25) is 0 Å². The van der Waals surface area contributed by atoms with Gasteiger partial charge in [0.05, 0.1) is 0 Å². The lowest BCUT2D eigenvalue weighted by atomic mass is 9.97. The molecule has 1 N–H and O–H groups in total. The van der Waals surface area contributed by atoms with Gasteiger partial charge in [-0.3, -0.25) is 9.78 Å². The summed E-state index contributed by atoms with van der Waals surface area (Å²) < 4.78 is 1.50. The summed E-state index contributed by atoms with van der Waals surface area (Å²) in [6.07, 6.45) is 1.52. The minimum atomic E-state index is -0.352. The van der Waals surface area contributed by atoms with Crippen LogP contribution in [0.1, 0.15) is 20.8 Å². The summed E-state index contributed by atoms with van der Waals surface area (Å²) in [4.78, 5) is 24.2. The fourth-order valence-corrected chi connectivity index (χ4v) is 1.08. The molecule has 0 aliphatic carbocycles. The Bertz CT molecular complexity index is 395. The van der Waals surface area contributed by atoms with Crippen LogP contribution < -0.4 is 11.2 Å². The van der Waals surface area contributed by atoms with Crippen LogP contribution in [0.25, 0.3) is 0 Å². The minimum Gasteiger partial charge on any atom is -0.300 e. The lowest BCUT2D eigenvalue weighted by Crippen LogP contribution is -2.32. The molecule has 0 aromatic carbocycles. The Hall–Kier alpha value is -1.32.